The van der Waals surface area contributed by atoms with E-state index in [1.807, 2.05) is 12.1 Å². The van der Waals surface area contributed by atoms with Gasteiger partial charge in [0.1, 0.15) is 0 Å². The molecule has 1 aliphatic carbocycles. The molecule has 0 spiro atoms. The third-order valence-electron chi connectivity index (χ3n) is 4.85. The van der Waals surface area contributed by atoms with Crippen LogP contribution in [0.1, 0.15) is 30.9 Å². The molecule has 0 heterocycles. The van der Waals surface area contributed by atoms with Crippen molar-refractivity contribution in [2.24, 2.45) is 5.73 Å². The summed E-state index contributed by atoms with van der Waals surface area (Å²) in [6, 6.07) is 6.20. The van der Waals surface area contributed by atoms with Crippen LogP contribution in [0.3, 0.4) is 0 Å². The topological polar surface area (TPSA) is 32.5 Å². The van der Waals surface area contributed by atoms with E-state index in [4.69, 9.17) is 17.3 Å². The van der Waals surface area contributed by atoms with Crippen molar-refractivity contribution in [2.45, 2.75) is 30.8 Å². The average molecular weight is 375 g/mol. The molecule has 0 saturated heterocycles. The van der Waals surface area contributed by atoms with E-state index in [-0.39, 0.29) is 6.04 Å². The number of nitrogens with two attached hydrogens (primary N) is 1. The highest BCUT2D eigenvalue weighted by molar-refractivity contribution is 9.10. The number of nitrogens with zero attached hydrogens (tertiary/aromatic N) is 2. The van der Waals surface area contributed by atoms with Crippen LogP contribution in [-0.4, -0.2) is 49.6 Å². The van der Waals surface area contributed by atoms with Crippen LogP contribution in [0, 0.1) is 0 Å². The molecule has 1 fully saturated rings. The first kappa shape index (κ1) is 17.2. The number of hydrogen-bond acceptors (Lipinski definition) is 3. The molecule has 5 heteroatoms. The van der Waals surface area contributed by atoms with Crippen LogP contribution in [0.15, 0.2) is 22.7 Å². The minimum Gasteiger partial charge on any atom is -0.329 e. The number of hydrogen-bond donors (Lipinski definition) is 1. The van der Waals surface area contributed by atoms with Gasteiger partial charge in [0, 0.05) is 34.2 Å². The Morgan fingerprint density at radius 1 is 1.33 bits per heavy atom. The summed E-state index contributed by atoms with van der Waals surface area (Å²) in [4.78, 5) is 4.72. The van der Waals surface area contributed by atoms with Gasteiger partial charge in [0.25, 0.3) is 0 Å². The highest BCUT2D eigenvalue weighted by atomic mass is 79.9. The van der Waals surface area contributed by atoms with Crippen LogP contribution < -0.4 is 5.73 Å². The smallest absolute Gasteiger partial charge is 0.0482 e. The molecule has 3 nitrogen and oxygen atoms in total. The molecule has 0 aromatic heterocycles. The largest absolute Gasteiger partial charge is 0.329 e. The van der Waals surface area contributed by atoms with Gasteiger partial charge in [-0.25, -0.2) is 0 Å². The van der Waals surface area contributed by atoms with Crippen LogP contribution >= 0.6 is 27.5 Å². The first-order valence-electron chi connectivity index (χ1n) is 7.42. The summed E-state index contributed by atoms with van der Waals surface area (Å²) in [5.41, 5.74) is 7.45. The predicted octanol–water partition coefficient (Wildman–Crippen LogP) is 3.52. The maximum absolute atomic E-state index is 6.41. The van der Waals surface area contributed by atoms with Gasteiger partial charge in [-0.15, -0.1) is 0 Å². The summed E-state index contributed by atoms with van der Waals surface area (Å²) in [6.45, 7) is 1.59. The molecular formula is C16H25BrClN3. The van der Waals surface area contributed by atoms with Crippen molar-refractivity contribution in [1.29, 1.82) is 0 Å². The second kappa shape index (κ2) is 6.97. The van der Waals surface area contributed by atoms with E-state index in [2.05, 4.69) is 52.9 Å². The fraction of sp³-hybridized carbons (Fsp3) is 0.625. The maximum atomic E-state index is 6.41. The van der Waals surface area contributed by atoms with E-state index >= 15 is 0 Å². The van der Waals surface area contributed by atoms with Gasteiger partial charge >= 0.3 is 0 Å². The van der Waals surface area contributed by atoms with Crippen molar-refractivity contribution < 1.29 is 0 Å². The first-order chi connectivity index (χ1) is 9.89. The van der Waals surface area contributed by atoms with Gasteiger partial charge in [0.15, 0.2) is 0 Å². The van der Waals surface area contributed by atoms with Crippen molar-refractivity contribution in [1.82, 2.24) is 9.80 Å². The zero-order valence-corrected chi connectivity index (χ0v) is 15.4. The lowest BCUT2D eigenvalue weighted by molar-refractivity contribution is 0.0168. The maximum Gasteiger partial charge on any atom is 0.0482 e. The Morgan fingerprint density at radius 2 is 2.00 bits per heavy atom. The molecule has 0 aliphatic heterocycles. The SMILES string of the molecule is CN(CC1(N(C)C)CCC1)C(CN)c1ccc(Br)cc1Cl. The Labute approximate surface area is 141 Å². The van der Waals surface area contributed by atoms with Gasteiger partial charge in [-0.2, -0.15) is 0 Å². The minimum absolute atomic E-state index is 0.156. The van der Waals surface area contributed by atoms with E-state index in [9.17, 15) is 0 Å². The van der Waals surface area contributed by atoms with Crippen LogP contribution in [0.2, 0.25) is 5.02 Å². The van der Waals surface area contributed by atoms with Crippen molar-refractivity contribution in [2.75, 3.05) is 34.2 Å². The summed E-state index contributed by atoms with van der Waals surface area (Å²) in [5.74, 6) is 0. The van der Waals surface area contributed by atoms with Gasteiger partial charge < -0.3 is 10.6 Å². The molecule has 2 rings (SSSR count). The van der Waals surface area contributed by atoms with Crippen molar-refractivity contribution in [3.05, 3.63) is 33.3 Å². The molecule has 21 heavy (non-hydrogen) atoms. The first-order valence-corrected chi connectivity index (χ1v) is 8.59. The van der Waals surface area contributed by atoms with Crippen LogP contribution in [0.25, 0.3) is 0 Å². The molecule has 1 atom stereocenters. The van der Waals surface area contributed by atoms with Crippen molar-refractivity contribution >= 4 is 27.5 Å². The quantitative estimate of drug-likeness (QED) is 0.827. The predicted molar refractivity (Wildman–Crippen MR) is 93.8 cm³/mol. The van der Waals surface area contributed by atoms with Crippen LogP contribution in [0.5, 0.6) is 0 Å². The van der Waals surface area contributed by atoms with E-state index in [0.29, 0.717) is 12.1 Å². The standard InChI is InChI=1S/C16H25BrClN3/c1-20(2)16(7-4-8-16)11-21(3)15(10-19)13-6-5-12(17)9-14(13)18/h5-6,9,15H,4,7-8,10-11,19H2,1-3H3. The summed E-state index contributed by atoms with van der Waals surface area (Å²) >= 11 is 9.86. The Kier molecular flexibility index (Phi) is 5.71. The minimum atomic E-state index is 0.156. The lowest BCUT2D eigenvalue weighted by Crippen LogP contribution is -2.57. The molecule has 118 valence electrons. The highest BCUT2D eigenvalue weighted by Crippen LogP contribution is 2.38. The molecule has 1 aromatic rings. The molecule has 1 saturated carbocycles. The second-order valence-corrected chi connectivity index (χ2v) is 7.63. The Morgan fingerprint density at radius 3 is 2.43 bits per heavy atom. The molecule has 2 N–H and O–H groups in total. The summed E-state index contributed by atoms with van der Waals surface area (Å²) in [5, 5.41) is 0.777. The zero-order chi connectivity index (χ0) is 15.6. The lowest BCUT2D eigenvalue weighted by Gasteiger charge is -2.50. The average Bonchev–Trinajstić information content (AvgIpc) is 2.36. The van der Waals surface area contributed by atoms with E-state index < -0.39 is 0 Å². The van der Waals surface area contributed by atoms with E-state index in [0.717, 1.165) is 21.6 Å². The molecular weight excluding hydrogens is 350 g/mol. The third-order valence-corrected chi connectivity index (χ3v) is 5.67. The van der Waals surface area contributed by atoms with Gasteiger partial charge in [-0.1, -0.05) is 33.6 Å². The molecule has 0 bridgehead atoms. The van der Waals surface area contributed by atoms with Crippen molar-refractivity contribution in [3.8, 4) is 0 Å². The molecule has 1 aromatic carbocycles. The molecule has 1 aliphatic rings. The summed E-state index contributed by atoms with van der Waals surface area (Å²) in [6.07, 6.45) is 3.84. The van der Waals surface area contributed by atoms with Crippen LogP contribution in [0.4, 0.5) is 0 Å². The van der Waals surface area contributed by atoms with Crippen molar-refractivity contribution in [3.63, 3.8) is 0 Å². The number of halogens is 2. The Balaban J connectivity index is 2.17. The van der Waals surface area contributed by atoms with Gasteiger partial charge in [0.2, 0.25) is 0 Å². The monoisotopic (exact) mass is 373 g/mol. The third kappa shape index (κ3) is 3.62. The van der Waals surface area contributed by atoms with Crippen LogP contribution in [-0.2, 0) is 0 Å². The lowest BCUT2D eigenvalue weighted by atomic mass is 9.75. The summed E-state index contributed by atoms with van der Waals surface area (Å²) < 4.78 is 0.999. The summed E-state index contributed by atoms with van der Waals surface area (Å²) in [7, 11) is 6.51. The zero-order valence-electron chi connectivity index (χ0n) is 13.1. The highest BCUT2D eigenvalue weighted by Gasteiger charge is 2.40. The van der Waals surface area contributed by atoms with Gasteiger partial charge in [-0.3, -0.25) is 4.90 Å². The number of likely N-dealkylation sites (N-methyl/N-ethyl adjacent to an activating group) is 2. The Bertz CT molecular complexity index is 488. The van der Waals surface area contributed by atoms with Gasteiger partial charge in [0.05, 0.1) is 0 Å². The normalized spacial score (nSPS) is 18.9. The number of rotatable bonds is 6. The van der Waals surface area contributed by atoms with E-state index in [1.54, 1.807) is 0 Å². The number of benzene rings is 1. The fourth-order valence-corrected chi connectivity index (χ4v) is 4.02. The molecule has 0 radical (unpaired) electrons. The second-order valence-electron chi connectivity index (χ2n) is 6.30. The molecule has 1 unspecified atom stereocenters. The van der Waals surface area contributed by atoms with Gasteiger partial charge in [-0.05, 0) is 58.1 Å². The fourth-order valence-electron chi connectivity index (χ4n) is 3.22. The van der Waals surface area contributed by atoms with E-state index in [1.165, 1.54) is 19.3 Å². The Hall–Kier alpha value is -0.130. The molecule has 0 amide bonds.